The average molecular weight is 334 g/mol. The van der Waals surface area contributed by atoms with Gasteiger partial charge in [-0.15, -0.1) is 0 Å². The van der Waals surface area contributed by atoms with E-state index in [0.717, 1.165) is 38.4 Å². The summed E-state index contributed by atoms with van der Waals surface area (Å²) >= 11 is 0. The summed E-state index contributed by atoms with van der Waals surface area (Å²) < 4.78 is 0. The molecule has 0 atom stereocenters. The first-order chi connectivity index (χ1) is 12.2. The maximum absolute atomic E-state index is 12.4. The number of hydrogen-bond donors (Lipinski definition) is 1. The van der Waals surface area contributed by atoms with Crippen molar-refractivity contribution >= 4 is 11.6 Å². The van der Waals surface area contributed by atoms with E-state index in [1.54, 1.807) is 12.1 Å². The minimum absolute atomic E-state index is 0.0988. The number of nitrogens with zero attached hydrogens (tertiary/aromatic N) is 3. The van der Waals surface area contributed by atoms with Gasteiger partial charge in [-0.05, 0) is 23.8 Å². The summed E-state index contributed by atoms with van der Waals surface area (Å²) in [5, 5.41) is 12.0. The lowest BCUT2D eigenvalue weighted by Gasteiger charge is -2.34. The normalized spacial score (nSPS) is 14.8. The third kappa shape index (κ3) is 4.82. The number of piperazine rings is 1. The van der Waals surface area contributed by atoms with Gasteiger partial charge in [0.1, 0.15) is 0 Å². The second kappa shape index (κ2) is 8.32. The van der Waals surface area contributed by atoms with Gasteiger partial charge < -0.3 is 10.2 Å². The Morgan fingerprint density at radius 2 is 1.80 bits per heavy atom. The highest BCUT2D eigenvalue weighted by molar-refractivity contribution is 5.81. The molecule has 2 aromatic carbocycles. The van der Waals surface area contributed by atoms with Crippen molar-refractivity contribution in [2.45, 2.75) is 6.54 Å². The zero-order valence-electron chi connectivity index (χ0n) is 14.2. The Morgan fingerprint density at radius 3 is 2.52 bits per heavy atom. The zero-order valence-corrected chi connectivity index (χ0v) is 14.2. The van der Waals surface area contributed by atoms with Crippen LogP contribution >= 0.6 is 0 Å². The summed E-state index contributed by atoms with van der Waals surface area (Å²) in [4.78, 5) is 16.7. The van der Waals surface area contributed by atoms with Crippen molar-refractivity contribution in [3.05, 3.63) is 65.7 Å². The summed E-state index contributed by atoms with van der Waals surface area (Å²) in [5.74, 6) is 0.0988. The van der Waals surface area contributed by atoms with Crippen LogP contribution in [0.4, 0.5) is 5.69 Å². The third-order valence-corrected chi connectivity index (χ3v) is 4.41. The second-order valence-electron chi connectivity index (χ2n) is 6.19. The van der Waals surface area contributed by atoms with Gasteiger partial charge in [0.2, 0.25) is 5.91 Å². The molecule has 1 heterocycles. The van der Waals surface area contributed by atoms with Crippen molar-refractivity contribution in [3.63, 3.8) is 0 Å². The van der Waals surface area contributed by atoms with Gasteiger partial charge in [0.25, 0.3) is 0 Å². The summed E-state index contributed by atoms with van der Waals surface area (Å²) in [6.07, 6.45) is 0. The lowest BCUT2D eigenvalue weighted by Crippen LogP contribution is -2.49. The molecule has 25 heavy (non-hydrogen) atoms. The SMILES string of the molecule is N#Cc1cccc(NCC(=O)N2CCN(Cc3ccccc3)CC2)c1. The molecular formula is C20H22N4O. The van der Waals surface area contributed by atoms with Crippen LogP contribution in [0.3, 0.4) is 0 Å². The van der Waals surface area contributed by atoms with Crippen LogP contribution < -0.4 is 5.32 Å². The van der Waals surface area contributed by atoms with Crippen molar-refractivity contribution in [1.82, 2.24) is 9.80 Å². The molecular weight excluding hydrogens is 312 g/mol. The molecule has 0 bridgehead atoms. The highest BCUT2D eigenvalue weighted by atomic mass is 16.2. The number of carbonyl (C=O) groups excluding carboxylic acids is 1. The molecule has 1 fully saturated rings. The van der Waals surface area contributed by atoms with Gasteiger partial charge in [-0.2, -0.15) is 5.26 Å². The first kappa shape index (κ1) is 17.0. The van der Waals surface area contributed by atoms with E-state index in [0.29, 0.717) is 5.56 Å². The van der Waals surface area contributed by atoms with E-state index < -0.39 is 0 Å². The molecule has 1 N–H and O–H groups in total. The molecule has 0 aliphatic carbocycles. The molecule has 128 valence electrons. The van der Waals surface area contributed by atoms with E-state index in [2.05, 4.69) is 40.6 Å². The number of amides is 1. The van der Waals surface area contributed by atoms with Crippen LogP contribution in [0.25, 0.3) is 0 Å². The van der Waals surface area contributed by atoms with Crippen molar-refractivity contribution in [2.24, 2.45) is 0 Å². The monoisotopic (exact) mass is 334 g/mol. The van der Waals surface area contributed by atoms with Gasteiger partial charge in [-0.25, -0.2) is 0 Å². The molecule has 1 aliphatic rings. The van der Waals surface area contributed by atoms with Crippen LogP contribution in [0.2, 0.25) is 0 Å². The van der Waals surface area contributed by atoms with E-state index >= 15 is 0 Å². The van der Waals surface area contributed by atoms with Gasteiger partial charge in [0.05, 0.1) is 18.2 Å². The summed E-state index contributed by atoms with van der Waals surface area (Å²) in [7, 11) is 0. The van der Waals surface area contributed by atoms with Crippen molar-refractivity contribution in [1.29, 1.82) is 5.26 Å². The highest BCUT2D eigenvalue weighted by Gasteiger charge is 2.20. The lowest BCUT2D eigenvalue weighted by atomic mass is 10.2. The topological polar surface area (TPSA) is 59.4 Å². The molecule has 0 aromatic heterocycles. The molecule has 0 radical (unpaired) electrons. The van der Waals surface area contributed by atoms with Gasteiger partial charge in [0, 0.05) is 38.4 Å². The predicted molar refractivity (Wildman–Crippen MR) is 97.9 cm³/mol. The minimum Gasteiger partial charge on any atom is -0.376 e. The molecule has 5 heteroatoms. The quantitative estimate of drug-likeness (QED) is 0.912. The fourth-order valence-corrected chi connectivity index (χ4v) is 2.99. The first-order valence-electron chi connectivity index (χ1n) is 8.53. The third-order valence-electron chi connectivity index (χ3n) is 4.41. The molecule has 1 saturated heterocycles. The number of hydrogen-bond acceptors (Lipinski definition) is 4. The van der Waals surface area contributed by atoms with E-state index in [-0.39, 0.29) is 12.5 Å². The average Bonchev–Trinajstić information content (AvgIpc) is 2.67. The van der Waals surface area contributed by atoms with Crippen molar-refractivity contribution < 1.29 is 4.79 Å². The second-order valence-corrected chi connectivity index (χ2v) is 6.19. The minimum atomic E-state index is 0.0988. The molecule has 0 saturated carbocycles. The molecule has 1 amide bonds. The Hall–Kier alpha value is -2.84. The summed E-state index contributed by atoms with van der Waals surface area (Å²) in [5.41, 5.74) is 2.70. The van der Waals surface area contributed by atoms with E-state index in [4.69, 9.17) is 5.26 Å². The van der Waals surface area contributed by atoms with Crippen LogP contribution in [0.15, 0.2) is 54.6 Å². The molecule has 5 nitrogen and oxygen atoms in total. The van der Waals surface area contributed by atoms with Crippen LogP contribution in [-0.2, 0) is 11.3 Å². The van der Waals surface area contributed by atoms with E-state index in [1.165, 1.54) is 5.56 Å². The fraction of sp³-hybridized carbons (Fsp3) is 0.300. The smallest absolute Gasteiger partial charge is 0.241 e. The Morgan fingerprint density at radius 1 is 1.04 bits per heavy atom. The number of nitriles is 1. The highest BCUT2D eigenvalue weighted by Crippen LogP contribution is 2.11. The predicted octanol–water partition coefficient (Wildman–Crippen LogP) is 2.31. The van der Waals surface area contributed by atoms with Crippen LogP contribution in [0.5, 0.6) is 0 Å². The Labute approximate surface area is 148 Å². The Bertz CT molecular complexity index is 746. The fourth-order valence-electron chi connectivity index (χ4n) is 2.99. The number of nitrogens with one attached hydrogen (secondary N) is 1. The summed E-state index contributed by atoms with van der Waals surface area (Å²) in [6.45, 7) is 4.49. The molecule has 0 spiro atoms. The number of carbonyl (C=O) groups is 1. The standard InChI is InChI=1S/C20H22N4O/c21-14-18-7-4-8-19(13-18)22-15-20(25)24-11-9-23(10-12-24)16-17-5-2-1-3-6-17/h1-8,13,22H,9-12,15-16H2. The van der Waals surface area contributed by atoms with Gasteiger partial charge >= 0.3 is 0 Å². The summed E-state index contributed by atoms with van der Waals surface area (Å²) in [6, 6.07) is 19.7. The van der Waals surface area contributed by atoms with Gasteiger partial charge in [-0.3, -0.25) is 9.69 Å². The Kier molecular flexibility index (Phi) is 5.65. The molecule has 2 aromatic rings. The first-order valence-corrected chi connectivity index (χ1v) is 8.53. The zero-order chi connectivity index (χ0) is 17.5. The molecule has 1 aliphatic heterocycles. The Balaban J connectivity index is 1.44. The van der Waals surface area contributed by atoms with Crippen LogP contribution in [0, 0.1) is 11.3 Å². The number of anilines is 1. The van der Waals surface area contributed by atoms with Crippen molar-refractivity contribution in [2.75, 3.05) is 38.0 Å². The van der Waals surface area contributed by atoms with Crippen molar-refractivity contribution in [3.8, 4) is 6.07 Å². The molecule has 0 unspecified atom stereocenters. The largest absolute Gasteiger partial charge is 0.376 e. The maximum atomic E-state index is 12.4. The van der Waals surface area contributed by atoms with E-state index in [1.807, 2.05) is 23.1 Å². The number of rotatable bonds is 5. The van der Waals surface area contributed by atoms with Crippen LogP contribution in [0.1, 0.15) is 11.1 Å². The molecule has 3 rings (SSSR count). The maximum Gasteiger partial charge on any atom is 0.241 e. The van der Waals surface area contributed by atoms with Gasteiger partial charge in [0.15, 0.2) is 0 Å². The number of benzene rings is 2. The van der Waals surface area contributed by atoms with Gasteiger partial charge in [-0.1, -0.05) is 36.4 Å². The van der Waals surface area contributed by atoms with Crippen LogP contribution in [-0.4, -0.2) is 48.4 Å². The lowest BCUT2D eigenvalue weighted by molar-refractivity contribution is -0.131. The van der Waals surface area contributed by atoms with E-state index in [9.17, 15) is 4.79 Å².